The highest BCUT2D eigenvalue weighted by Crippen LogP contribution is 2.41. The fourth-order valence-electron chi connectivity index (χ4n) is 4.37. The van der Waals surface area contributed by atoms with E-state index in [2.05, 4.69) is 36.1 Å². The summed E-state index contributed by atoms with van der Waals surface area (Å²) in [6.07, 6.45) is 5.29. The zero-order chi connectivity index (χ0) is 28.4. The molecule has 0 aliphatic carbocycles. The van der Waals surface area contributed by atoms with Crippen molar-refractivity contribution in [2.45, 2.75) is 46.2 Å². The minimum Gasteiger partial charge on any atom is -0.455 e. The lowest BCUT2D eigenvalue weighted by molar-refractivity contribution is 0.256. The van der Waals surface area contributed by atoms with Crippen molar-refractivity contribution in [2.75, 3.05) is 10.2 Å². The summed E-state index contributed by atoms with van der Waals surface area (Å²) in [6.45, 7) is 10.2. The summed E-state index contributed by atoms with van der Waals surface area (Å²) >= 11 is 0. The molecule has 0 spiro atoms. The summed E-state index contributed by atoms with van der Waals surface area (Å²) in [7, 11) is 0. The fourth-order valence-corrected chi connectivity index (χ4v) is 4.37. The second-order valence-corrected chi connectivity index (χ2v) is 10.8. The number of fused-ring (bicyclic) bond motifs is 1. The molecule has 0 saturated carbocycles. The highest BCUT2D eigenvalue weighted by molar-refractivity contribution is 6.03. The van der Waals surface area contributed by atoms with Crippen LogP contribution in [0.15, 0.2) is 85.3 Å². The minimum atomic E-state index is -0.662. The van der Waals surface area contributed by atoms with E-state index >= 15 is 0 Å². The number of benzene rings is 2. The average Bonchev–Trinajstić information content (AvgIpc) is 3.35. The van der Waals surface area contributed by atoms with Crippen molar-refractivity contribution >= 4 is 34.1 Å². The number of urea groups is 1. The van der Waals surface area contributed by atoms with E-state index in [4.69, 9.17) is 15.6 Å². The first-order chi connectivity index (χ1) is 19.1. The topological polar surface area (TPSA) is 111 Å². The molecule has 204 valence electrons. The molecule has 3 aromatic heterocycles. The van der Waals surface area contributed by atoms with E-state index in [1.54, 1.807) is 30.6 Å². The fraction of sp³-hybridized carbons (Fsp3) is 0.226. The maximum absolute atomic E-state index is 13.2. The molecule has 3 heterocycles. The van der Waals surface area contributed by atoms with Gasteiger partial charge in [0.15, 0.2) is 5.75 Å². The molecule has 0 aliphatic heterocycles. The maximum atomic E-state index is 13.2. The number of carbonyl (C=O) groups is 1. The van der Waals surface area contributed by atoms with Crippen molar-refractivity contribution in [3.05, 3.63) is 85.3 Å². The number of carbonyl (C=O) groups excluding carboxylic acids is 1. The van der Waals surface area contributed by atoms with Gasteiger partial charge in [-0.1, -0.05) is 24.3 Å². The van der Waals surface area contributed by atoms with E-state index in [-0.39, 0.29) is 11.6 Å². The van der Waals surface area contributed by atoms with E-state index in [0.717, 1.165) is 16.5 Å². The third-order valence-electron chi connectivity index (χ3n) is 6.22. The van der Waals surface area contributed by atoms with Crippen LogP contribution in [-0.2, 0) is 5.54 Å². The molecule has 2 amide bonds. The van der Waals surface area contributed by atoms with Gasteiger partial charge >= 0.3 is 6.03 Å². The van der Waals surface area contributed by atoms with Gasteiger partial charge in [-0.15, -0.1) is 0 Å². The summed E-state index contributed by atoms with van der Waals surface area (Å²) in [5.41, 5.74) is 9.07. The Labute approximate surface area is 233 Å². The third-order valence-corrected chi connectivity index (χ3v) is 6.22. The van der Waals surface area contributed by atoms with Crippen LogP contribution in [0.2, 0.25) is 0 Å². The summed E-state index contributed by atoms with van der Waals surface area (Å²) in [4.78, 5) is 23.4. The molecule has 9 heteroatoms. The molecular formula is C31H33N7O2. The Hall–Kier alpha value is -4.92. The zero-order valence-electron chi connectivity index (χ0n) is 23.3. The Balaban J connectivity index is 1.63. The smallest absolute Gasteiger partial charge is 0.324 e. The van der Waals surface area contributed by atoms with Crippen LogP contribution in [0.3, 0.4) is 0 Å². The van der Waals surface area contributed by atoms with Gasteiger partial charge in [-0.05, 0) is 71.0 Å². The van der Waals surface area contributed by atoms with Gasteiger partial charge in [-0.3, -0.25) is 14.6 Å². The summed E-state index contributed by atoms with van der Waals surface area (Å²) < 4.78 is 8.14. The second kappa shape index (κ2) is 10.7. The van der Waals surface area contributed by atoms with Crippen molar-refractivity contribution in [2.24, 2.45) is 5.73 Å². The lowest BCUT2D eigenvalue weighted by atomic mass is 10.1. The summed E-state index contributed by atoms with van der Waals surface area (Å²) in [5, 5.41) is 9.17. The molecule has 5 aromatic rings. The number of hydrogen-bond donors (Lipinski definition) is 2. The van der Waals surface area contributed by atoms with Crippen LogP contribution in [0.1, 0.15) is 34.6 Å². The average molecular weight is 536 g/mol. The van der Waals surface area contributed by atoms with Crippen LogP contribution in [0.5, 0.6) is 11.5 Å². The molecule has 0 fully saturated rings. The standard InChI is InChI=1S/C31H33N7O2/c1-20(2)35-28-18-23(14-16-34-28)40-27-11-7-6-10-25(27)38(30(32)39)26-19-37(31(3,4)5)36-29(26)22-12-13-24-21(17-22)9-8-15-33-24/h6-20H,1-5H3,(H2,32,39)(H,34,35). The second-order valence-electron chi connectivity index (χ2n) is 10.8. The Morgan fingerprint density at radius 1 is 0.975 bits per heavy atom. The van der Waals surface area contributed by atoms with Gasteiger partial charge in [-0.2, -0.15) is 5.10 Å². The third kappa shape index (κ3) is 5.58. The number of anilines is 3. The van der Waals surface area contributed by atoms with E-state index in [1.165, 1.54) is 4.90 Å². The molecule has 0 bridgehead atoms. The molecular weight excluding hydrogens is 502 g/mol. The number of nitrogens with two attached hydrogens (primary N) is 1. The molecule has 40 heavy (non-hydrogen) atoms. The Morgan fingerprint density at radius 3 is 2.52 bits per heavy atom. The van der Waals surface area contributed by atoms with Crippen LogP contribution < -0.4 is 20.7 Å². The number of primary amides is 1. The summed E-state index contributed by atoms with van der Waals surface area (Å²) in [5.74, 6) is 1.72. The monoisotopic (exact) mass is 535 g/mol. The van der Waals surface area contributed by atoms with Gasteiger partial charge in [0.05, 0.1) is 28.6 Å². The zero-order valence-corrected chi connectivity index (χ0v) is 23.3. The molecule has 9 nitrogen and oxygen atoms in total. The minimum absolute atomic E-state index is 0.212. The van der Waals surface area contributed by atoms with Gasteiger partial charge in [0.1, 0.15) is 17.3 Å². The van der Waals surface area contributed by atoms with E-state index in [0.29, 0.717) is 34.4 Å². The number of amides is 2. The first-order valence-corrected chi connectivity index (χ1v) is 13.1. The van der Waals surface area contributed by atoms with Gasteiger partial charge in [0.25, 0.3) is 0 Å². The first kappa shape index (κ1) is 26.7. The van der Waals surface area contributed by atoms with Crippen molar-refractivity contribution in [3.63, 3.8) is 0 Å². The van der Waals surface area contributed by atoms with Gasteiger partial charge in [0.2, 0.25) is 0 Å². The number of nitrogens with one attached hydrogen (secondary N) is 1. The molecule has 5 rings (SSSR count). The van der Waals surface area contributed by atoms with Crippen LogP contribution in [-0.4, -0.2) is 31.8 Å². The van der Waals surface area contributed by atoms with E-state index in [1.807, 2.05) is 73.3 Å². The molecule has 0 atom stereocenters. The predicted molar refractivity (Wildman–Crippen MR) is 159 cm³/mol. The van der Waals surface area contributed by atoms with Crippen molar-refractivity contribution in [1.82, 2.24) is 19.7 Å². The van der Waals surface area contributed by atoms with Crippen molar-refractivity contribution < 1.29 is 9.53 Å². The predicted octanol–water partition coefficient (Wildman–Crippen LogP) is 7.08. The van der Waals surface area contributed by atoms with E-state index in [9.17, 15) is 4.79 Å². The number of aromatic nitrogens is 4. The molecule has 0 unspecified atom stereocenters. The molecule has 3 N–H and O–H groups in total. The SMILES string of the molecule is CC(C)Nc1cc(Oc2ccccc2N(C(N)=O)c2cn(C(C)(C)C)nc2-c2ccc3ncccc3c2)ccn1. The number of ether oxygens (including phenoxy) is 1. The van der Waals surface area contributed by atoms with Crippen LogP contribution in [0, 0.1) is 0 Å². The number of nitrogens with zero attached hydrogens (tertiary/aromatic N) is 5. The Morgan fingerprint density at radius 2 is 1.77 bits per heavy atom. The van der Waals surface area contributed by atoms with Crippen molar-refractivity contribution in [1.29, 1.82) is 0 Å². The highest BCUT2D eigenvalue weighted by Gasteiger charge is 2.28. The largest absolute Gasteiger partial charge is 0.455 e. The van der Waals surface area contributed by atoms with Gasteiger partial charge < -0.3 is 15.8 Å². The van der Waals surface area contributed by atoms with Crippen molar-refractivity contribution in [3.8, 4) is 22.8 Å². The number of hydrogen-bond acceptors (Lipinski definition) is 6. The first-order valence-electron chi connectivity index (χ1n) is 13.1. The molecule has 0 radical (unpaired) electrons. The quantitative estimate of drug-likeness (QED) is 0.230. The van der Waals surface area contributed by atoms with Crippen LogP contribution in [0.4, 0.5) is 22.0 Å². The number of rotatable bonds is 7. The maximum Gasteiger partial charge on any atom is 0.324 e. The lowest BCUT2D eigenvalue weighted by Gasteiger charge is -2.23. The van der Waals surface area contributed by atoms with Crippen LogP contribution >= 0.6 is 0 Å². The Bertz CT molecular complexity index is 1670. The van der Waals surface area contributed by atoms with E-state index < -0.39 is 6.03 Å². The molecule has 2 aromatic carbocycles. The number of para-hydroxylation sites is 2. The molecule has 0 aliphatic rings. The Kier molecular flexibility index (Phi) is 7.13. The van der Waals surface area contributed by atoms with Gasteiger partial charge in [-0.25, -0.2) is 9.78 Å². The van der Waals surface area contributed by atoms with Gasteiger partial charge in [0, 0.05) is 35.5 Å². The van der Waals surface area contributed by atoms with Crippen LogP contribution in [0.25, 0.3) is 22.2 Å². The highest BCUT2D eigenvalue weighted by atomic mass is 16.5. The normalized spacial score (nSPS) is 11.6. The number of pyridine rings is 2. The summed E-state index contributed by atoms with van der Waals surface area (Å²) in [6, 6.07) is 20.2. The molecule has 0 saturated heterocycles. The lowest BCUT2D eigenvalue weighted by Crippen LogP contribution is -2.32.